The van der Waals surface area contributed by atoms with Crippen LogP contribution in [-0.2, 0) is 9.47 Å². The van der Waals surface area contributed by atoms with Crippen LogP contribution in [-0.4, -0.2) is 36.2 Å². The van der Waals surface area contributed by atoms with E-state index in [0.29, 0.717) is 6.61 Å². The van der Waals surface area contributed by atoms with Gasteiger partial charge in [-0.15, -0.1) is 11.8 Å². The van der Waals surface area contributed by atoms with E-state index in [9.17, 15) is 4.79 Å². The molecule has 1 aromatic rings. The summed E-state index contributed by atoms with van der Waals surface area (Å²) in [6.45, 7) is 6.27. The molecule has 0 aliphatic carbocycles. The first-order chi connectivity index (χ1) is 9.44. The molecule has 110 valence electrons. The number of nitrogens with one attached hydrogen (secondary N) is 1. The molecular weight excluding hydrogens is 274 g/mol. The molecule has 1 N–H and O–H groups in total. The SMILES string of the molecule is CC(C)(C)OC(=O)NC(CSc1ccccc1)C1CO1. The third-order valence-corrected chi connectivity index (χ3v) is 3.81. The monoisotopic (exact) mass is 295 g/mol. The number of alkyl carbamates (subject to hydrolysis) is 1. The number of hydrogen-bond donors (Lipinski definition) is 1. The van der Waals surface area contributed by atoms with Crippen LogP contribution in [0.25, 0.3) is 0 Å². The Balaban J connectivity index is 1.83. The topological polar surface area (TPSA) is 50.9 Å². The molecular formula is C15H21NO3S. The van der Waals surface area contributed by atoms with Crippen molar-refractivity contribution in [2.45, 2.75) is 43.4 Å². The largest absolute Gasteiger partial charge is 0.444 e. The summed E-state index contributed by atoms with van der Waals surface area (Å²) < 4.78 is 10.6. The predicted octanol–water partition coefficient (Wildman–Crippen LogP) is 3.07. The van der Waals surface area contributed by atoms with Gasteiger partial charge in [-0.25, -0.2) is 4.79 Å². The van der Waals surface area contributed by atoms with Gasteiger partial charge in [0.25, 0.3) is 0 Å². The summed E-state index contributed by atoms with van der Waals surface area (Å²) in [5, 5.41) is 2.90. The highest BCUT2D eigenvalue weighted by atomic mass is 32.2. The van der Waals surface area contributed by atoms with E-state index in [-0.39, 0.29) is 18.2 Å². The number of rotatable bonds is 5. The van der Waals surface area contributed by atoms with Crippen molar-refractivity contribution >= 4 is 17.9 Å². The van der Waals surface area contributed by atoms with Gasteiger partial charge in [-0.3, -0.25) is 0 Å². The van der Waals surface area contributed by atoms with Crippen LogP contribution in [0.15, 0.2) is 35.2 Å². The fourth-order valence-electron chi connectivity index (χ4n) is 1.69. The summed E-state index contributed by atoms with van der Waals surface area (Å²) in [6.07, 6.45) is -0.273. The lowest BCUT2D eigenvalue weighted by molar-refractivity contribution is 0.0501. The fraction of sp³-hybridized carbons (Fsp3) is 0.533. The van der Waals surface area contributed by atoms with Gasteiger partial charge in [0.1, 0.15) is 11.7 Å². The normalized spacial score (nSPS) is 19.2. The number of benzene rings is 1. The van der Waals surface area contributed by atoms with Crippen LogP contribution >= 0.6 is 11.8 Å². The van der Waals surface area contributed by atoms with Crippen molar-refractivity contribution in [2.75, 3.05) is 12.4 Å². The van der Waals surface area contributed by atoms with E-state index in [2.05, 4.69) is 17.4 Å². The van der Waals surface area contributed by atoms with Gasteiger partial charge in [0.2, 0.25) is 0 Å². The Kier molecular flexibility index (Phi) is 4.94. The minimum atomic E-state index is -0.481. The summed E-state index contributed by atoms with van der Waals surface area (Å²) in [4.78, 5) is 13.0. The quantitative estimate of drug-likeness (QED) is 0.670. The molecule has 5 heteroatoms. The molecule has 4 nitrogen and oxygen atoms in total. The first-order valence-corrected chi connectivity index (χ1v) is 7.71. The van der Waals surface area contributed by atoms with Gasteiger partial charge in [-0.05, 0) is 32.9 Å². The molecule has 0 bridgehead atoms. The molecule has 1 aliphatic rings. The number of carbonyl (C=O) groups excluding carboxylic acids is 1. The Morgan fingerprint density at radius 2 is 2.10 bits per heavy atom. The first-order valence-electron chi connectivity index (χ1n) is 6.73. The highest BCUT2D eigenvalue weighted by molar-refractivity contribution is 7.99. The third-order valence-electron chi connectivity index (χ3n) is 2.68. The van der Waals surface area contributed by atoms with Gasteiger partial charge in [-0.2, -0.15) is 0 Å². The van der Waals surface area contributed by atoms with E-state index in [1.165, 1.54) is 4.90 Å². The second kappa shape index (κ2) is 6.50. The van der Waals surface area contributed by atoms with Crippen LogP contribution < -0.4 is 5.32 Å². The minimum Gasteiger partial charge on any atom is -0.444 e. The van der Waals surface area contributed by atoms with Crippen LogP contribution in [0, 0.1) is 0 Å². The summed E-state index contributed by atoms with van der Waals surface area (Å²) >= 11 is 1.71. The molecule has 2 rings (SSSR count). The zero-order chi connectivity index (χ0) is 14.6. The summed E-state index contributed by atoms with van der Waals surface area (Å²) in [5.41, 5.74) is -0.481. The Morgan fingerprint density at radius 3 is 2.65 bits per heavy atom. The molecule has 2 unspecified atom stereocenters. The number of amides is 1. The first kappa shape index (κ1) is 15.2. The second-order valence-corrected chi connectivity index (χ2v) is 6.84. The van der Waals surface area contributed by atoms with Crippen molar-refractivity contribution < 1.29 is 14.3 Å². The molecule has 20 heavy (non-hydrogen) atoms. The molecule has 1 saturated heterocycles. The Morgan fingerprint density at radius 1 is 1.45 bits per heavy atom. The van der Waals surface area contributed by atoms with E-state index >= 15 is 0 Å². The zero-order valence-electron chi connectivity index (χ0n) is 12.1. The summed E-state index contributed by atoms with van der Waals surface area (Å²) in [7, 11) is 0. The van der Waals surface area contributed by atoms with Crippen molar-refractivity contribution in [1.29, 1.82) is 0 Å². The highest BCUT2D eigenvalue weighted by Crippen LogP contribution is 2.23. The number of hydrogen-bond acceptors (Lipinski definition) is 4. The molecule has 1 amide bonds. The number of epoxide rings is 1. The van der Waals surface area contributed by atoms with Crippen molar-refractivity contribution in [3.8, 4) is 0 Å². The highest BCUT2D eigenvalue weighted by Gasteiger charge is 2.34. The van der Waals surface area contributed by atoms with Crippen molar-refractivity contribution in [3.63, 3.8) is 0 Å². The van der Waals surface area contributed by atoms with Gasteiger partial charge < -0.3 is 14.8 Å². The van der Waals surface area contributed by atoms with Crippen molar-refractivity contribution in [1.82, 2.24) is 5.32 Å². The Hall–Kier alpha value is -1.20. The Labute approximate surface area is 124 Å². The molecule has 2 atom stereocenters. The van der Waals surface area contributed by atoms with Gasteiger partial charge in [0.05, 0.1) is 12.6 Å². The minimum absolute atomic E-state index is 0.0185. The maximum Gasteiger partial charge on any atom is 0.407 e. The molecule has 1 aliphatic heterocycles. The molecule has 1 fully saturated rings. The fourth-order valence-corrected chi connectivity index (χ4v) is 2.71. The van der Waals surface area contributed by atoms with E-state index in [4.69, 9.17) is 9.47 Å². The van der Waals surface area contributed by atoms with Crippen LogP contribution in [0.2, 0.25) is 0 Å². The maximum atomic E-state index is 11.8. The second-order valence-electron chi connectivity index (χ2n) is 5.75. The van der Waals surface area contributed by atoms with Crippen LogP contribution in [0.5, 0.6) is 0 Å². The van der Waals surface area contributed by atoms with Gasteiger partial charge in [-0.1, -0.05) is 18.2 Å². The third kappa shape index (κ3) is 5.43. The molecule has 0 aromatic heterocycles. The smallest absolute Gasteiger partial charge is 0.407 e. The van der Waals surface area contributed by atoms with Crippen LogP contribution in [0.1, 0.15) is 20.8 Å². The average Bonchev–Trinajstić information content (AvgIpc) is 3.17. The molecule has 0 radical (unpaired) electrons. The van der Waals surface area contributed by atoms with Crippen molar-refractivity contribution in [3.05, 3.63) is 30.3 Å². The zero-order valence-corrected chi connectivity index (χ0v) is 12.9. The standard InChI is InChI=1S/C15H21NO3S/c1-15(2,3)19-14(17)16-12(13-9-18-13)10-20-11-7-5-4-6-8-11/h4-8,12-13H,9-10H2,1-3H3,(H,16,17). The summed E-state index contributed by atoms with van der Waals surface area (Å²) in [6, 6.07) is 10.1. The molecule has 0 spiro atoms. The number of thioether (sulfide) groups is 1. The van der Waals surface area contributed by atoms with Crippen LogP contribution in [0.3, 0.4) is 0 Å². The lowest BCUT2D eigenvalue weighted by Gasteiger charge is -2.22. The molecule has 0 saturated carbocycles. The Bertz CT molecular complexity index is 440. The predicted molar refractivity (Wildman–Crippen MR) is 80.1 cm³/mol. The molecule has 1 heterocycles. The van der Waals surface area contributed by atoms with E-state index in [1.54, 1.807) is 11.8 Å². The number of ether oxygens (including phenoxy) is 2. The lowest BCUT2D eigenvalue weighted by atomic mass is 10.2. The van der Waals surface area contributed by atoms with Gasteiger partial charge in [0, 0.05) is 10.6 Å². The van der Waals surface area contributed by atoms with Gasteiger partial charge >= 0.3 is 6.09 Å². The van der Waals surface area contributed by atoms with E-state index in [1.807, 2.05) is 39.0 Å². The van der Waals surface area contributed by atoms with E-state index in [0.717, 1.165) is 5.75 Å². The van der Waals surface area contributed by atoms with Crippen molar-refractivity contribution in [2.24, 2.45) is 0 Å². The van der Waals surface area contributed by atoms with Crippen LogP contribution in [0.4, 0.5) is 4.79 Å². The maximum absolute atomic E-state index is 11.8. The molecule has 1 aromatic carbocycles. The lowest BCUT2D eigenvalue weighted by Crippen LogP contribution is -2.43. The van der Waals surface area contributed by atoms with E-state index < -0.39 is 5.60 Å². The summed E-state index contributed by atoms with van der Waals surface area (Å²) in [5.74, 6) is 0.772. The number of carbonyl (C=O) groups is 1. The van der Waals surface area contributed by atoms with Gasteiger partial charge in [0.15, 0.2) is 0 Å². The average molecular weight is 295 g/mol.